The third-order valence-electron chi connectivity index (χ3n) is 11.5. The van der Waals surface area contributed by atoms with Gasteiger partial charge in [-0.3, -0.25) is 4.79 Å². The molecule has 1 amide bonds. The average Bonchev–Trinajstić information content (AvgIpc) is 3.85. The van der Waals surface area contributed by atoms with E-state index >= 15 is 0 Å². The van der Waals surface area contributed by atoms with E-state index in [1.165, 1.54) is 11.3 Å². The first-order valence-corrected chi connectivity index (χ1v) is 20.5. The summed E-state index contributed by atoms with van der Waals surface area (Å²) < 4.78 is 24.8. The molecule has 61 heavy (non-hydrogen) atoms. The van der Waals surface area contributed by atoms with Crippen molar-refractivity contribution in [3.63, 3.8) is 0 Å². The molecular weight excluding hydrogens is 813 g/mol. The van der Waals surface area contributed by atoms with Crippen LogP contribution in [-0.4, -0.2) is 90.1 Å². The van der Waals surface area contributed by atoms with Gasteiger partial charge in [-0.1, -0.05) is 36.3 Å². The second-order valence-corrected chi connectivity index (χ2v) is 16.6. The van der Waals surface area contributed by atoms with E-state index in [1.807, 2.05) is 38.1 Å². The molecule has 0 aliphatic carbocycles. The molecule has 8 rings (SSSR count). The fraction of sp³-hybridized carbons (Fsp3) is 0.405. The van der Waals surface area contributed by atoms with Crippen molar-refractivity contribution in [2.24, 2.45) is 5.11 Å². The molecule has 19 heteroatoms. The molecule has 3 aromatic heterocycles. The van der Waals surface area contributed by atoms with Crippen LogP contribution in [-0.2, 0) is 62.1 Å². The number of nitrogens with zero attached hydrogens (tertiary/aromatic N) is 6. The Morgan fingerprint density at radius 2 is 1.93 bits per heavy atom. The molecular formula is C42H42N6O12S. The van der Waals surface area contributed by atoms with Crippen LogP contribution < -0.4 is 10.3 Å². The standard InChI is InChI=1S/C42H42N6O12S/c1-4-42(56)28-14-30-34-26(17-48(30)37(51)27(28)19-57-40(42)54)23(24-7-5-6-8-29(24)45-34)11-12-47(20(2)3)41(55)58-18-21-9-10-32(25-13-22(16-44-46-43)61-36(21)25)59-39-35(50)31(49)15-33(60-39)38(52)53/h5-10,13-14,20,31,33,35,39,49-50,56H,4,11-12,15-19H2,1-3H3,(H,52,53)/t31-,33-,35+,39+,42+/m0/s1. The van der Waals surface area contributed by atoms with E-state index in [0.717, 1.165) is 16.5 Å². The van der Waals surface area contributed by atoms with Gasteiger partial charge in [-0.25, -0.2) is 19.4 Å². The van der Waals surface area contributed by atoms with Gasteiger partial charge < -0.3 is 48.8 Å². The van der Waals surface area contributed by atoms with Crippen LogP contribution in [0.15, 0.2) is 58.4 Å². The zero-order chi connectivity index (χ0) is 43.3. The molecule has 0 saturated carbocycles. The number of carbonyl (C=O) groups excluding carboxylic acids is 2. The molecule has 0 bridgehead atoms. The Morgan fingerprint density at radius 1 is 1.15 bits per heavy atom. The third kappa shape index (κ3) is 7.42. The lowest BCUT2D eigenvalue weighted by atomic mass is 9.86. The maximum Gasteiger partial charge on any atom is 0.410 e. The molecule has 2 aromatic carbocycles. The van der Waals surface area contributed by atoms with Crippen molar-refractivity contribution in [1.82, 2.24) is 14.5 Å². The summed E-state index contributed by atoms with van der Waals surface area (Å²) in [6.45, 7) is 5.43. The molecule has 5 aromatic rings. The van der Waals surface area contributed by atoms with Gasteiger partial charge in [0.05, 0.1) is 41.7 Å². The lowest BCUT2D eigenvalue weighted by Gasteiger charge is -2.35. The van der Waals surface area contributed by atoms with Gasteiger partial charge in [-0.15, -0.1) is 11.3 Å². The summed E-state index contributed by atoms with van der Waals surface area (Å²) in [5.41, 5.74) is 11.0. The lowest BCUT2D eigenvalue weighted by Crippen LogP contribution is -2.52. The smallest absolute Gasteiger partial charge is 0.410 e. The molecule has 6 heterocycles. The minimum atomic E-state index is -1.96. The number of carboxylic acid groups (broad SMARTS) is 1. The maximum atomic E-state index is 13.9. The van der Waals surface area contributed by atoms with Gasteiger partial charge >= 0.3 is 18.0 Å². The number of carboxylic acids is 1. The van der Waals surface area contributed by atoms with Crippen LogP contribution in [0.1, 0.15) is 66.3 Å². The molecule has 1 saturated heterocycles. The van der Waals surface area contributed by atoms with Crippen LogP contribution in [0.25, 0.3) is 42.8 Å². The Bertz CT molecular complexity index is 2710. The van der Waals surface area contributed by atoms with Crippen LogP contribution in [0.3, 0.4) is 0 Å². The van der Waals surface area contributed by atoms with E-state index in [-0.39, 0.29) is 74.2 Å². The number of aliphatic hydroxyl groups excluding tert-OH is 2. The van der Waals surface area contributed by atoms with Crippen molar-refractivity contribution in [3.8, 4) is 17.1 Å². The molecule has 0 unspecified atom stereocenters. The lowest BCUT2D eigenvalue weighted by molar-refractivity contribution is -0.237. The monoisotopic (exact) mass is 854 g/mol. The summed E-state index contributed by atoms with van der Waals surface area (Å²) >= 11 is 1.27. The number of carbonyl (C=O) groups is 3. The first-order valence-electron chi connectivity index (χ1n) is 19.7. The molecule has 5 atom stereocenters. The number of cyclic esters (lactones) is 1. The first kappa shape index (κ1) is 41.6. The molecule has 0 radical (unpaired) electrons. The predicted octanol–water partition coefficient (Wildman–Crippen LogP) is 4.99. The summed E-state index contributed by atoms with van der Waals surface area (Å²) in [4.78, 5) is 62.2. The van der Waals surface area contributed by atoms with E-state index < -0.39 is 48.2 Å². The molecule has 3 aliphatic rings. The first-order chi connectivity index (χ1) is 29.2. The average molecular weight is 855 g/mol. The van der Waals surface area contributed by atoms with Crippen LogP contribution in [0, 0.1) is 0 Å². The Labute approximate surface area is 351 Å². The largest absolute Gasteiger partial charge is 0.479 e. The zero-order valence-electron chi connectivity index (χ0n) is 33.3. The number of rotatable bonds is 12. The summed E-state index contributed by atoms with van der Waals surface area (Å²) in [6.07, 6.45) is -6.36. The third-order valence-corrected chi connectivity index (χ3v) is 12.7. The van der Waals surface area contributed by atoms with Gasteiger partial charge in [0.15, 0.2) is 11.7 Å². The van der Waals surface area contributed by atoms with Crippen molar-refractivity contribution in [1.29, 1.82) is 0 Å². The normalized spacial score (nSPS) is 21.7. The van der Waals surface area contributed by atoms with Crippen LogP contribution >= 0.6 is 11.3 Å². The molecule has 318 valence electrons. The number of hydrogen-bond donors (Lipinski definition) is 4. The topological polar surface area (TPSA) is 256 Å². The minimum Gasteiger partial charge on any atom is -0.479 e. The van der Waals surface area contributed by atoms with E-state index in [4.69, 9.17) is 29.5 Å². The van der Waals surface area contributed by atoms with E-state index in [0.29, 0.717) is 43.9 Å². The van der Waals surface area contributed by atoms with E-state index in [9.17, 15) is 39.6 Å². The quantitative estimate of drug-likeness (QED) is 0.0548. The number of aliphatic carboxylic acids is 1. The summed E-state index contributed by atoms with van der Waals surface area (Å²) in [7, 11) is 0. The molecule has 0 spiro atoms. The second-order valence-electron chi connectivity index (χ2n) is 15.4. The number of thiophene rings is 1. The van der Waals surface area contributed by atoms with Crippen molar-refractivity contribution >= 4 is 50.4 Å². The van der Waals surface area contributed by atoms with Gasteiger partial charge in [0.25, 0.3) is 5.56 Å². The van der Waals surface area contributed by atoms with Gasteiger partial charge in [-0.05, 0) is 62.0 Å². The number of azide groups is 1. The van der Waals surface area contributed by atoms with Crippen molar-refractivity contribution in [2.45, 2.75) is 103 Å². The second kappa shape index (κ2) is 16.4. The van der Waals surface area contributed by atoms with Crippen molar-refractivity contribution < 1.29 is 53.8 Å². The van der Waals surface area contributed by atoms with E-state index in [1.54, 1.807) is 40.7 Å². The molecule has 18 nitrogen and oxygen atoms in total. The van der Waals surface area contributed by atoms with Gasteiger partial charge in [0.1, 0.15) is 25.1 Å². The molecule has 1 fully saturated rings. The van der Waals surface area contributed by atoms with Crippen LogP contribution in [0.5, 0.6) is 5.75 Å². The highest BCUT2D eigenvalue weighted by Gasteiger charge is 2.46. The number of pyridine rings is 2. The summed E-state index contributed by atoms with van der Waals surface area (Å²) in [6, 6.07) is 13.9. The zero-order valence-corrected chi connectivity index (χ0v) is 34.1. The Balaban J connectivity index is 1.05. The van der Waals surface area contributed by atoms with Crippen molar-refractivity contribution in [3.05, 3.63) is 102 Å². The Hall–Kier alpha value is -6.08. The highest BCUT2D eigenvalue weighted by atomic mass is 32.1. The number of hydrogen-bond acceptors (Lipinski definition) is 14. The summed E-state index contributed by atoms with van der Waals surface area (Å²) in [5.74, 6) is -1.92. The van der Waals surface area contributed by atoms with Crippen LogP contribution in [0.4, 0.5) is 4.79 Å². The van der Waals surface area contributed by atoms with Gasteiger partial charge in [0, 0.05) is 61.0 Å². The molecule has 4 N–H and O–H groups in total. The highest BCUT2D eigenvalue weighted by molar-refractivity contribution is 7.19. The predicted molar refractivity (Wildman–Crippen MR) is 218 cm³/mol. The Kier molecular flexibility index (Phi) is 11.2. The van der Waals surface area contributed by atoms with Crippen molar-refractivity contribution in [2.75, 3.05) is 6.54 Å². The number of ether oxygens (including phenoxy) is 4. The SMILES string of the molecule is CC[C@]1(O)C(=O)OCc2c1cc1n(c2=O)Cc2c-1nc1ccccc1c2CCN(C(=O)OCc1ccc(O[C@@H]2O[C@H](C(=O)O)C[C@H](O)[C@H]2O)c2cc(CN=[N+]=[N-])sc12)C(C)C. The molecule has 3 aliphatic heterocycles. The van der Waals surface area contributed by atoms with Gasteiger partial charge in [-0.2, -0.15) is 0 Å². The minimum absolute atomic E-state index is 0.0163. The number of benzene rings is 2. The highest BCUT2D eigenvalue weighted by Crippen LogP contribution is 2.41. The number of aliphatic hydroxyl groups is 3. The fourth-order valence-electron chi connectivity index (χ4n) is 8.23. The number of amides is 1. The van der Waals surface area contributed by atoms with Crippen LogP contribution in [0.2, 0.25) is 0 Å². The van der Waals surface area contributed by atoms with Gasteiger partial charge in [0.2, 0.25) is 6.29 Å². The van der Waals surface area contributed by atoms with E-state index in [2.05, 4.69) is 10.0 Å². The number of fused-ring (bicyclic) bond motifs is 6. The fourth-order valence-corrected chi connectivity index (χ4v) is 9.32. The maximum absolute atomic E-state index is 13.9. The Morgan fingerprint density at radius 3 is 2.67 bits per heavy atom. The number of para-hydroxylation sites is 1. The number of esters is 1. The number of aromatic nitrogens is 2. The summed E-state index contributed by atoms with van der Waals surface area (Å²) in [5, 5.41) is 46.7.